The van der Waals surface area contributed by atoms with Crippen molar-refractivity contribution in [2.45, 2.75) is 30.9 Å². The number of sulfone groups is 1. The van der Waals surface area contributed by atoms with Gasteiger partial charge in [0.2, 0.25) is 0 Å². The summed E-state index contributed by atoms with van der Waals surface area (Å²) in [6.07, 6.45) is 0. The molecule has 0 aliphatic carbocycles. The van der Waals surface area contributed by atoms with Crippen LogP contribution < -0.4 is 9.47 Å². The molecule has 1 aliphatic rings. The van der Waals surface area contributed by atoms with Gasteiger partial charge in [-0.1, -0.05) is 0 Å². The van der Waals surface area contributed by atoms with Crippen molar-refractivity contribution in [2.75, 3.05) is 11.5 Å². The quantitative estimate of drug-likeness (QED) is 0.404. The summed E-state index contributed by atoms with van der Waals surface area (Å²) in [6, 6.07) is 13.1. The van der Waals surface area contributed by atoms with Crippen LogP contribution in [0.5, 0.6) is 17.2 Å². The van der Waals surface area contributed by atoms with E-state index in [0.717, 1.165) is 5.75 Å². The van der Waals surface area contributed by atoms with Crippen LogP contribution in [0.15, 0.2) is 53.4 Å². The lowest BCUT2D eigenvalue weighted by molar-refractivity contribution is -0.143. The molecule has 1 fully saturated rings. The average molecular weight is 407 g/mol. The van der Waals surface area contributed by atoms with Crippen LogP contribution in [0.3, 0.4) is 0 Å². The Hall–Kier alpha value is -1.99. The maximum Gasteiger partial charge on any atom is 0.316 e. The topological polar surface area (TPSA) is 69.7 Å². The number of rotatable bonds is 6. The number of benzene rings is 2. The fourth-order valence-electron chi connectivity index (χ4n) is 2.19. The molecule has 0 spiro atoms. The molecule has 2 aromatic rings. The van der Waals surface area contributed by atoms with Gasteiger partial charge in [0.1, 0.15) is 17.2 Å². The van der Waals surface area contributed by atoms with E-state index in [1.807, 2.05) is 0 Å². The maximum atomic E-state index is 12.3. The summed E-state index contributed by atoms with van der Waals surface area (Å²) in [7, 11) is -3.24. The molecule has 0 bridgehead atoms. The predicted octanol–water partition coefficient (Wildman–Crippen LogP) is 4.32. The number of esters is 1. The lowest BCUT2D eigenvalue weighted by atomic mass is 9.97. The van der Waals surface area contributed by atoms with Crippen molar-refractivity contribution in [1.29, 1.82) is 0 Å². The fourth-order valence-corrected chi connectivity index (χ4v) is 4.87. The van der Waals surface area contributed by atoms with Crippen LogP contribution >= 0.6 is 11.8 Å². The largest absolute Gasteiger partial charge is 0.457 e. The van der Waals surface area contributed by atoms with Gasteiger partial charge in [0, 0.05) is 11.0 Å². The van der Waals surface area contributed by atoms with Gasteiger partial charge in [-0.05, 0) is 69.3 Å². The molecule has 0 N–H and O–H groups in total. The zero-order chi connectivity index (χ0) is 19.7. The van der Waals surface area contributed by atoms with E-state index in [0.29, 0.717) is 22.1 Å². The number of ether oxygens (including phenoxy) is 2. The van der Waals surface area contributed by atoms with Gasteiger partial charge in [-0.2, -0.15) is 11.8 Å². The summed E-state index contributed by atoms with van der Waals surface area (Å²) < 4.78 is 35.5. The summed E-state index contributed by atoms with van der Waals surface area (Å²) in [6.45, 7) is 5.38. The van der Waals surface area contributed by atoms with Gasteiger partial charge >= 0.3 is 5.97 Å². The number of thioether (sulfide) groups is 1. The number of carbonyl (C=O) groups is 1. The Kier molecular flexibility index (Phi) is 5.53. The number of carbonyl (C=O) groups excluding carboxylic acids is 1. The van der Waals surface area contributed by atoms with E-state index in [2.05, 4.69) is 0 Å². The third kappa shape index (κ3) is 5.49. The Morgan fingerprint density at radius 3 is 1.96 bits per heavy atom. The second-order valence-electron chi connectivity index (χ2n) is 7.42. The SMILES string of the molecule is CC(C)(C)C(=O)Oc1ccc(Oc2ccc(S(=O)(=O)CC3CS3)cc2)cc1. The Balaban J connectivity index is 1.62. The molecule has 0 radical (unpaired) electrons. The molecular weight excluding hydrogens is 384 g/mol. The fraction of sp³-hybridized carbons (Fsp3) is 0.350. The van der Waals surface area contributed by atoms with E-state index in [-0.39, 0.29) is 17.0 Å². The monoisotopic (exact) mass is 406 g/mol. The Morgan fingerprint density at radius 1 is 1.00 bits per heavy atom. The number of hydrogen-bond donors (Lipinski definition) is 0. The Morgan fingerprint density at radius 2 is 1.48 bits per heavy atom. The van der Waals surface area contributed by atoms with E-state index in [9.17, 15) is 13.2 Å². The summed E-state index contributed by atoms with van der Waals surface area (Å²) in [5.74, 6) is 2.35. The third-order valence-corrected chi connectivity index (χ3v) is 6.89. The molecular formula is C20H22O5S2. The van der Waals surface area contributed by atoms with Gasteiger partial charge in [0.25, 0.3) is 0 Å². The van der Waals surface area contributed by atoms with Crippen LogP contribution in [0, 0.1) is 5.41 Å². The molecule has 0 aromatic heterocycles. The van der Waals surface area contributed by atoms with Crippen LogP contribution in [0.25, 0.3) is 0 Å². The maximum absolute atomic E-state index is 12.3. The highest BCUT2D eigenvalue weighted by Gasteiger charge is 2.30. The Bertz CT molecular complexity index is 906. The molecule has 3 rings (SSSR count). The van der Waals surface area contributed by atoms with Crippen molar-refractivity contribution in [3.05, 3.63) is 48.5 Å². The highest BCUT2D eigenvalue weighted by Crippen LogP contribution is 2.33. The molecule has 144 valence electrons. The molecule has 0 saturated carbocycles. The van der Waals surface area contributed by atoms with E-state index in [4.69, 9.17) is 9.47 Å². The first-order valence-electron chi connectivity index (χ1n) is 8.58. The third-order valence-electron chi connectivity index (χ3n) is 3.87. The molecule has 1 atom stereocenters. The molecule has 1 heterocycles. The molecule has 1 aliphatic heterocycles. The van der Waals surface area contributed by atoms with Crippen molar-refractivity contribution in [2.24, 2.45) is 5.41 Å². The molecule has 1 unspecified atom stereocenters. The summed E-state index contributed by atoms with van der Waals surface area (Å²) in [4.78, 5) is 12.2. The second kappa shape index (κ2) is 7.56. The molecule has 27 heavy (non-hydrogen) atoms. The second-order valence-corrected chi connectivity index (χ2v) is 10.8. The van der Waals surface area contributed by atoms with Gasteiger partial charge in [-0.25, -0.2) is 8.42 Å². The first-order chi connectivity index (χ1) is 12.6. The van der Waals surface area contributed by atoms with E-state index >= 15 is 0 Å². The summed E-state index contributed by atoms with van der Waals surface area (Å²) in [5, 5.41) is 0.233. The van der Waals surface area contributed by atoms with E-state index < -0.39 is 15.3 Å². The van der Waals surface area contributed by atoms with Gasteiger partial charge in [-0.15, -0.1) is 0 Å². The average Bonchev–Trinajstić information content (AvgIpc) is 3.39. The smallest absolute Gasteiger partial charge is 0.316 e. The van der Waals surface area contributed by atoms with E-state index in [1.165, 1.54) is 0 Å². The molecule has 0 amide bonds. The minimum absolute atomic E-state index is 0.187. The standard InChI is InChI=1S/C20H22O5S2/c1-20(2,3)19(21)25-16-6-4-14(5-7-16)24-15-8-10-18(11-9-15)27(22,23)13-17-12-26-17/h4-11,17H,12-13H2,1-3H3. The van der Waals surface area contributed by atoms with Crippen LogP contribution in [0.2, 0.25) is 0 Å². The van der Waals surface area contributed by atoms with Gasteiger partial charge in [0.05, 0.1) is 16.1 Å². The lowest BCUT2D eigenvalue weighted by Gasteiger charge is -2.16. The highest BCUT2D eigenvalue weighted by atomic mass is 32.2. The molecule has 1 saturated heterocycles. The van der Waals surface area contributed by atoms with Crippen molar-refractivity contribution < 1.29 is 22.7 Å². The van der Waals surface area contributed by atoms with Crippen molar-refractivity contribution in [3.63, 3.8) is 0 Å². The van der Waals surface area contributed by atoms with Crippen molar-refractivity contribution in [1.82, 2.24) is 0 Å². The Labute approximate surface area is 164 Å². The minimum atomic E-state index is -3.24. The molecule has 2 aromatic carbocycles. The predicted molar refractivity (Wildman–Crippen MR) is 106 cm³/mol. The van der Waals surface area contributed by atoms with E-state index in [1.54, 1.807) is 81.1 Å². The summed E-state index contributed by atoms with van der Waals surface area (Å²) >= 11 is 1.67. The minimum Gasteiger partial charge on any atom is -0.457 e. The van der Waals surface area contributed by atoms with Gasteiger partial charge in [-0.3, -0.25) is 4.79 Å². The van der Waals surface area contributed by atoms with Crippen LogP contribution in [0.4, 0.5) is 0 Å². The normalized spacial score (nSPS) is 16.6. The summed E-state index contributed by atoms with van der Waals surface area (Å²) in [5.41, 5.74) is -0.574. The van der Waals surface area contributed by atoms with Gasteiger partial charge in [0.15, 0.2) is 9.84 Å². The number of hydrogen-bond acceptors (Lipinski definition) is 6. The first kappa shape index (κ1) is 19.8. The zero-order valence-electron chi connectivity index (χ0n) is 15.5. The zero-order valence-corrected chi connectivity index (χ0v) is 17.1. The van der Waals surface area contributed by atoms with Crippen LogP contribution in [0.1, 0.15) is 20.8 Å². The molecule has 7 heteroatoms. The molecule has 5 nitrogen and oxygen atoms in total. The first-order valence-corrected chi connectivity index (χ1v) is 11.3. The van der Waals surface area contributed by atoms with Gasteiger partial charge < -0.3 is 9.47 Å². The van der Waals surface area contributed by atoms with Crippen molar-refractivity contribution in [3.8, 4) is 17.2 Å². The van der Waals surface area contributed by atoms with Crippen molar-refractivity contribution >= 4 is 27.6 Å². The highest BCUT2D eigenvalue weighted by molar-refractivity contribution is 8.08. The van der Waals surface area contributed by atoms with Crippen LogP contribution in [-0.2, 0) is 14.6 Å². The lowest BCUT2D eigenvalue weighted by Crippen LogP contribution is -2.25. The van der Waals surface area contributed by atoms with Crippen LogP contribution in [-0.4, -0.2) is 31.1 Å².